The van der Waals surface area contributed by atoms with Gasteiger partial charge in [-0.1, -0.05) is 25.7 Å². The fourth-order valence-electron chi connectivity index (χ4n) is 3.01. The zero-order chi connectivity index (χ0) is 11.2. The van der Waals surface area contributed by atoms with Crippen molar-refractivity contribution >= 4 is 5.84 Å². The van der Waals surface area contributed by atoms with E-state index < -0.39 is 0 Å². The Bertz CT molecular complexity index is 229. The number of nitrogens with zero attached hydrogens (tertiary/aromatic N) is 1. The van der Waals surface area contributed by atoms with Crippen molar-refractivity contribution in [2.75, 3.05) is 6.54 Å². The summed E-state index contributed by atoms with van der Waals surface area (Å²) >= 11 is 0. The molecule has 92 valence electrons. The maximum Gasteiger partial charge on any atom is 0.0965 e. The van der Waals surface area contributed by atoms with Gasteiger partial charge < -0.3 is 5.32 Å². The van der Waals surface area contributed by atoms with Crippen LogP contribution in [0.3, 0.4) is 0 Å². The number of hydrogen-bond acceptors (Lipinski definition) is 2. The summed E-state index contributed by atoms with van der Waals surface area (Å²) < 4.78 is 0. The van der Waals surface area contributed by atoms with Gasteiger partial charge in [0.2, 0.25) is 0 Å². The third-order valence-electron chi connectivity index (χ3n) is 4.13. The Morgan fingerprint density at radius 3 is 2.62 bits per heavy atom. The second-order valence-electron chi connectivity index (χ2n) is 5.47. The first-order valence-electron chi connectivity index (χ1n) is 7.16. The van der Waals surface area contributed by atoms with Gasteiger partial charge in [0.05, 0.1) is 5.84 Å². The molecule has 0 radical (unpaired) electrons. The van der Waals surface area contributed by atoms with Gasteiger partial charge in [-0.3, -0.25) is 4.99 Å². The molecule has 1 aliphatic heterocycles. The lowest BCUT2D eigenvalue weighted by atomic mass is 9.84. The second kappa shape index (κ2) is 6.27. The van der Waals surface area contributed by atoms with Crippen molar-refractivity contribution in [2.45, 2.75) is 70.8 Å². The molecule has 0 aromatic heterocycles. The van der Waals surface area contributed by atoms with E-state index in [1.54, 1.807) is 0 Å². The smallest absolute Gasteiger partial charge is 0.0965 e. The zero-order valence-electron chi connectivity index (χ0n) is 10.7. The summed E-state index contributed by atoms with van der Waals surface area (Å²) in [6, 6.07) is 0.636. The fraction of sp³-hybridized carbons (Fsp3) is 0.929. The highest BCUT2D eigenvalue weighted by Gasteiger charge is 2.20. The quantitative estimate of drug-likeness (QED) is 0.759. The number of hydrogen-bond donors (Lipinski definition) is 1. The van der Waals surface area contributed by atoms with E-state index in [2.05, 4.69) is 17.2 Å². The molecular weight excluding hydrogens is 196 g/mol. The highest BCUT2D eigenvalue weighted by atomic mass is 15.0. The van der Waals surface area contributed by atoms with Crippen molar-refractivity contribution in [3.05, 3.63) is 0 Å². The van der Waals surface area contributed by atoms with E-state index in [0.29, 0.717) is 6.04 Å². The van der Waals surface area contributed by atoms with Gasteiger partial charge in [-0.15, -0.1) is 0 Å². The maximum absolute atomic E-state index is 4.66. The van der Waals surface area contributed by atoms with E-state index in [1.165, 1.54) is 63.6 Å². The van der Waals surface area contributed by atoms with Crippen LogP contribution >= 0.6 is 0 Å². The summed E-state index contributed by atoms with van der Waals surface area (Å²) in [7, 11) is 0. The molecule has 2 rings (SSSR count). The summed E-state index contributed by atoms with van der Waals surface area (Å²) in [5.41, 5.74) is 0. The summed E-state index contributed by atoms with van der Waals surface area (Å²) in [6.45, 7) is 3.39. The minimum absolute atomic E-state index is 0.636. The van der Waals surface area contributed by atoms with Crippen LogP contribution < -0.4 is 5.32 Å². The first-order chi connectivity index (χ1) is 7.86. The molecule has 0 unspecified atom stereocenters. The molecule has 1 heterocycles. The second-order valence-corrected chi connectivity index (χ2v) is 5.47. The lowest BCUT2D eigenvalue weighted by Gasteiger charge is -2.29. The molecule has 0 bridgehead atoms. The summed E-state index contributed by atoms with van der Waals surface area (Å²) in [4.78, 5) is 4.66. The lowest BCUT2D eigenvalue weighted by Crippen LogP contribution is -2.38. The van der Waals surface area contributed by atoms with Gasteiger partial charge in [0.15, 0.2) is 0 Å². The lowest BCUT2D eigenvalue weighted by molar-refractivity contribution is 0.301. The van der Waals surface area contributed by atoms with Crippen LogP contribution in [-0.4, -0.2) is 18.4 Å². The Kier molecular flexibility index (Phi) is 4.68. The summed E-state index contributed by atoms with van der Waals surface area (Å²) in [5, 5.41) is 3.68. The largest absolute Gasteiger partial charge is 0.371 e. The van der Waals surface area contributed by atoms with Gasteiger partial charge >= 0.3 is 0 Å². The molecule has 0 aromatic rings. The molecule has 0 saturated heterocycles. The third-order valence-corrected chi connectivity index (χ3v) is 4.13. The summed E-state index contributed by atoms with van der Waals surface area (Å²) in [6.07, 6.45) is 12.3. The molecule has 2 nitrogen and oxygen atoms in total. The van der Waals surface area contributed by atoms with E-state index in [1.807, 2.05) is 0 Å². The average Bonchev–Trinajstić information content (AvgIpc) is 2.59. The van der Waals surface area contributed by atoms with E-state index in [0.717, 1.165) is 12.5 Å². The zero-order valence-corrected chi connectivity index (χ0v) is 10.7. The van der Waals surface area contributed by atoms with Crippen LogP contribution in [0.15, 0.2) is 4.99 Å². The molecule has 2 aliphatic rings. The highest BCUT2D eigenvalue weighted by Crippen LogP contribution is 2.26. The molecule has 0 aromatic carbocycles. The summed E-state index contributed by atoms with van der Waals surface area (Å²) in [5.74, 6) is 2.18. The molecular formula is C14H26N2. The van der Waals surface area contributed by atoms with Gasteiger partial charge in [-0.25, -0.2) is 0 Å². The standard InChI is InChI=1S/C14H26N2/c1-12(13-8-4-2-5-9-13)16-14-10-6-3-7-11-15-14/h12-13H,2-11H2,1H3,(H,15,16)/t12-/m1/s1. The van der Waals surface area contributed by atoms with Crippen molar-refractivity contribution in [1.29, 1.82) is 0 Å². The maximum atomic E-state index is 4.66. The van der Waals surface area contributed by atoms with Crippen LogP contribution in [0.4, 0.5) is 0 Å². The number of rotatable bonds is 2. The Morgan fingerprint density at radius 1 is 1.06 bits per heavy atom. The highest BCUT2D eigenvalue weighted by molar-refractivity contribution is 5.82. The molecule has 2 heteroatoms. The molecule has 1 N–H and O–H groups in total. The molecule has 16 heavy (non-hydrogen) atoms. The predicted molar refractivity (Wildman–Crippen MR) is 69.9 cm³/mol. The van der Waals surface area contributed by atoms with Crippen molar-refractivity contribution < 1.29 is 0 Å². The molecule has 0 spiro atoms. The number of aliphatic imine (C=N–C) groups is 1. The SMILES string of the molecule is C[C@@H](NC1=NCCCCC1)C1CCCCC1. The van der Waals surface area contributed by atoms with Crippen molar-refractivity contribution in [3.63, 3.8) is 0 Å². The van der Waals surface area contributed by atoms with Gasteiger partial charge in [0, 0.05) is 19.0 Å². The van der Waals surface area contributed by atoms with Crippen LogP contribution in [0.5, 0.6) is 0 Å². The van der Waals surface area contributed by atoms with E-state index in [4.69, 9.17) is 0 Å². The van der Waals surface area contributed by atoms with Crippen LogP contribution in [-0.2, 0) is 0 Å². The minimum Gasteiger partial charge on any atom is -0.371 e. The van der Waals surface area contributed by atoms with Gasteiger partial charge in [0.25, 0.3) is 0 Å². The molecule has 1 aliphatic carbocycles. The molecule has 1 fully saturated rings. The van der Waals surface area contributed by atoms with Crippen LogP contribution in [0, 0.1) is 5.92 Å². The van der Waals surface area contributed by atoms with Crippen molar-refractivity contribution in [3.8, 4) is 0 Å². The first-order valence-corrected chi connectivity index (χ1v) is 7.16. The molecule has 1 atom stereocenters. The van der Waals surface area contributed by atoms with Crippen molar-refractivity contribution in [1.82, 2.24) is 5.32 Å². The number of nitrogens with one attached hydrogen (secondary N) is 1. The van der Waals surface area contributed by atoms with E-state index in [9.17, 15) is 0 Å². The molecule has 0 amide bonds. The fourth-order valence-corrected chi connectivity index (χ4v) is 3.01. The Hall–Kier alpha value is -0.530. The Balaban J connectivity index is 1.80. The molecule has 1 saturated carbocycles. The number of amidine groups is 1. The van der Waals surface area contributed by atoms with Crippen LogP contribution in [0.2, 0.25) is 0 Å². The normalized spacial score (nSPS) is 25.7. The van der Waals surface area contributed by atoms with E-state index >= 15 is 0 Å². The van der Waals surface area contributed by atoms with Crippen LogP contribution in [0.1, 0.15) is 64.7 Å². The topological polar surface area (TPSA) is 24.4 Å². The predicted octanol–water partition coefficient (Wildman–Crippen LogP) is 3.52. The average molecular weight is 222 g/mol. The third kappa shape index (κ3) is 3.50. The van der Waals surface area contributed by atoms with E-state index in [-0.39, 0.29) is 0 Å². The van der Waals surface area contributed by atoms with Crippen molar-refractivity contribution in [2.24, 2.45) is 10.9 Å². The first kappa shape index (κ1) is 11.9. The van der Waals surface area contributed by atoms with Crippen LogP contribution in [0.25, 0.3) is 0 Å². The Labute approximate surface area is 99.9 Å². The van der Waals surface area contributed by atoms with Gasteiger partial charge in [-0.2, -0.15) is 0 Å². The van der Waals surface area contributed by atoms with Gasteiger partial charge in [0.1, 0.15) is 0 Å². The Morgan fingerprint density at radius 2 is 1.81 bits per heavy atom. The monoisotopic (exact) mass is 222 g/mol. The van der Waals surface area contributed by atoms with Gasteiger partial charge in [-0.05, 0) is 38.5 Å². The minimum atomic E-state index is 0.636.